The van der Waals surface area contributed by atoms with Crippen LogP contribution in [-0.4, -0.2) is 36.5 Å². The van der Waals surface area contributed by atoms with E-state index in [9.17, 15) is 14.0 Å². The Hall–Kier alpha value is -2.89. The molecule has 0 aliphatic carbocycles. The quantitative estimate of drug-likeness (QED) is 0.770. The molecule has 0 saturated carbocycles. The molecule has 1 heterocycles. The van der Waals surface area contributed by atoms with E-state index in [1.807, 2.05) is 30.3 Å². The topological polar surface area (TPSA) is 61.4 Å². The molecule has 2 aromatic carbocycles. The van der Waals surface area contributed by atoms with Gasteiger partial charge in [0, 0.05) is 25.3 Å². The Morgan fingerprint density at radius 3 is 2.52 bits per heavy atom. The van der Waals surface area contributed by atoms with Gasteiger partial charge in [-0.2, -0.15) is 0 Å². The van der Waals surface area contributed by atoms with Crippen LogP contribution in [-0.2, 0) is 11.2 Å². The number of nitrogens with one attached hydrogen (secondary N) is 2. The molecule has 3 amide bonds. The average molecular weight is 397 g/mol. The van der Waals surface area contributed by atoms with Crippen molar-refractivity contribution in [1.29, 1.82) is 0 Å². The van der Waals surface area contributed by atoms with Gasteiger partial charge in [-0.05, 0) is 55.4 Å². The maximum absolute atomic E-state index is 13.6. The van der Waals surface area contributed by atoms with Gasteiger partial charge in [0.25, 0.3) is 0 Å². The molecule has 29 heavy (non-hydrogen) atoms. The number of rotatable bonds is 6. The fraction of sp³-hybridized carbons (Fsp3) is 0.391. The van der Waals surface area contributed by atoms with Gasteiger partial charge in [-0.15, -0.1) is 0 Å². The van der Waals surface area contributed by atoms with E-state index >= 15 is 0 Å². The molecule has 0 spiro atoms. The third kappa shape index (κ3) is 6.31. The molecule has 1 aliphatic rings. The van der Waals surface area contributed by atoms with Gasteiger partial charge in [-0.3, -0.25) is 4.79 Å². The van der Waals surface area contributed by atoms with Crippen LogP contribution in [0.3, 0.4) is 0 Å². The van der Waals surface area contributed by atoms with Gasteiger partial charge in [-0.1, -0.05) is 36.4 Å². The first kappa shape index (κ1) is 20.8. The van der Waals surface area contributed by atoms with Crippen molar-refractivity contribution in [1.82, 2.24) is 10.2 Å². The molecule has 0 atom stereocenters. The lowest BCUT2D eigenvalue weighted by Crippen LogP contribution is -2.41. The molecule has 0 unspecified atom stereocenters. The van der Waals surface area contributed by atoms with Crippen molar-refractivity contribution in [3.8, 4) is 0 Å². The second kappa shape index (κ2) is 10.0. The number of nitrogens with zero attached hydrogens (tertiary/aromatic N) is 1. The minimum atomic E-state index is -0.323. The highest BCUT2D eigenvalue weighted by Crippen LogP contribution is 2.21. The zero-order valence-corrected chi connectivity index (χ0v) is 16.8. The van der Waals surface area contributed by atoms with E-state index in [4.69, 9.17) is 0 Å². The summed E-state index contributed by atoms with van der Waals surface area (Å²) in [4.78, 5) is 26.2. The van der Waals surface area contributed by atoms with E-state index in [0.29, 0.717) is 43.2 Å². The molecule has 1 saturated heterocycles. The number of carbonyl (C=O) groups excluding carboxylic acids is 2. The first-order valence-electron chi connectivity index (χ1n) is 10.1. The van der Waals surface area contributed by atoms with Gasteiger partial charge in [0.2, 0.25) is 5.91 Å². The molecule has 0 radical (unpaired) electrons. The summed E-state index contributed by atoms with van der Waals surface area (Å²) in [5.41, 5.74) is 2.04. The van der Waals surface area contributed by atoms with Crippen LogP contribution in [0.1, 0.15) is 30.4 Å². The Labute approximate surface area is 171 Å². The third-order valence-corrected chi connectivity index (χ3v) is 5.41. The van der Waals surface area contributed by atoms with E-state index in [-0.39, 0.29) is 17.8 Å². The van der Waals surface area contributed by atoms with Crippen molar-refractivity contribution in [3.63, 3.8) is 0 Å². The maximum Gasteiger partial charge on any atom is 0.321 e. The minimum absolute atomic E-state index is 0.0401. The molecule has 5 nitrogen and oxygen atoms in total. The molecule has 0 bridgehead atoms. The number of anilines is 1. The van der Waals surface area contributed by atoms with Crippen molar-refractivity contribution < 1.29 is 14.0 Å². The first-order chi connectivity index (χ1) is 14.0. The van der Waals surface area contributed by atoms with Gasteiger partial charge in [0.1, 0.15) is 5.82 Å². The first-order valence-corrected chi connectivity index (χ1v) is 10.1. The van der Waals surface area contributed by atoms with E-state index in [0.717, 1.165) is 24.8 Å². The minimum Gasteiger partial charge on any atom is -0.356 e. The van der Waals surface area contributed by atoms with E-state index in [1.54, 1.807) is 24.0 Å². The summed E-state index contributed by atoms with van der Waals surface area (Å²) in [7, 11) is 0. The SMILES string of the molecule is Cc1ccc(NC(=O)N2CCC(CCNC(=O)Cc3ccccc3)CC2)cc1F. The summed E-state index contributed by atoms with van der Waals surface area (Å²) in [6, 6.07) is 14.2. The number of urea groups is 1. The largest absolute Gasteiger partial charge is 0.356 e. The monoisotopic (exact) mass is 397 g/mol. The zero-order valence-electron chi connectivity index (χ0n) is 16.8. The lowest BCUT2D eigenvalue weighted by molar-refractivity contribution is -0.120. The summed E-state index contributed by atoms with van der Waals surface area (Å²) in [5, 5.41) is 5.75. The summed E-state index contributed by atoms with van der Waals surface area (Å²) in [6.07, 6.45) is 3.13. The van der Waals surface area contributed by atoms with Gasteiger partial charge >= 0.3 is 6.03 Å². The smallest absolute Gasteiger partial charge is 0.321 e. The highest BCUT2D eigenvalue weighted by atomic mass is 19.1. The molecule has 154 valence electrons. The van der Waals surface area contributed by atoms with Gasteiger partial charge in [-0.25, -0.2) is 9.18 Å². The summed E-state index contributed by atoms with van der Waals surface area (Å²) in [5.74, 6) is 0.210. The van der Waals surface area contributed by atoms with E-state index < -0.39 is 0 Å². The number of aryl methyl sites for hydroxylation is 1. The van der Waals surface area contributed by atoms with Gasteiger partial charge in [0.05, 0.1) is 6.42 Å². The van der Waals surface area contributed by atoms with Crippen LogP contribution >= 0.6 is 0 Å². The number of hydrogen-bond donors (Lipinski definition) is 2. The summed E-state index contributed by atoms with van der Waals surface area (Å²) < 4.78 is 13.6. The van der Waals surface area contributed by atoms with Crippen LogP contribution in [0.15, 0.2) is 48.5 Å². The Balaban J connectivity index is 1.35. The Morgan fingerprint density at radius 1 is 1.10 bits per heavy atom. The Morgan fingerprint density at radius 2 is 1.83 bits per heavy atom. The zero-order chi connectivity index (χ0) is 20.6. The third-order valence-electron chi connectivity index (χ3n) is 5.41. The lowest BCUT2D eigenvalue weighted by atomic mass is 9.93. The van der Waals surface area contributed by atoms with E-state index in [1.165, 1.54) is 6.07 Å². The lowest BCUT2D eigenvalue weighted by Gasteiger charge is -2.32. The van der Waals surface area contributed by atoms with Crippen LogP contribution in [0.4, 0.5) is 14.9 Å². The summed E-state index contributed by atoms with van der Waals surface area (Å²) >= 11 is 0. The van der Waals surface area contributed by atoms with Crippen molar-refractivity contribution >= 4 is 17.6 Å². The van der Waals surface area contributed by atoms with Crippen LogP contribution in [0, 0.1) is 18.7 Å². The highest BCUT2D eigenvalue weighted by Gasteiger charge is 2.23. The predicted octanol–water partition coefficient (Wildman–Crippen LogP) is 4.13. The predicted molar refractivity (Wildman–Crippen MR) is 112 cm³/mol. The van der Waals surface area contributed by atoms with Gasteiger partial charge in [0.15, 0.2) is 0 Å². The summed E-state index contributed by atoms with van der Waals surface area (Å²) in [6.45, 7) is 3.69. The fourth-order valence-corrected chi connectivity index (χ4v) is 3.56. The second-order valence-electron chi connectivity index (χ2n) is 7.63. The van der Waals surface area contributed by atoms with Crippen molar-refractivity contribution in [3.05, 3.63) is 65.5 Å². The normalized spacial score (nSPS) is 14.5. The number of carbonyl (C=O) groups is 2. The van der Waals surface area contributed by atoms with Crippen LogP contribution in [0.2, 0.25) is 0 Å². The standard InChI is InChI=1S/C23H28FN3O2/c1-17-7-8-20(16-21(17)24)26-23(29)27-13-10-18(11-14-27)9-12-25-22(28)15-19-5-3-2-4-6-19/h2-8,16,18H,9-15H2,1H3,(H,25,28)(H,26,29). The van der Waals surface area contributed by atoms with Crippen molar-refractivity contribution in [2.45, 2.75) is 32.6 Å². The number of benzene rings is 2. The molecular weight excluding hydrogens is 369 g/mol. The fourth-order valence-electron chi connectivity index (χ4n) is 3.56. The molecule has 2 N–H and O–H groups in total. The molecule has 2 aromatic rings. The molecule has 1 aliphatic heterocycles. The Kier molecular flexibility index (Phi) is 7.22. The number of hydrogen-bond acceptors (Lipinski definition) is 2. The van der Waals surface area contributed by atoms with Crippen molar-refractivity contribution in [2.24, 2.45) is 5.92 Å². The van der Waals surface area contributed by atoms with Crippen LogP contribution in [0.25, 0.3) is 0 Å². The molecule has 3 rings (SSSR count). The number of piperidine rings is 1. The number of halogens is 1. The Bertz CT molecular complexity index is 833. The van der Waals surface area contributed by atoms with Crippen molar-refractivity contribution in [2.75, 3.05) is 25.0 Å². The number of likely N-dealkylation sites (tertiary alicyclic amines) is 1. The second-order valence-corrected chi connectivity index (χ2v) is 7.63. The average Bonchev–Trinajstić information content (AvgIpc) is 2.72. The van der Waals surface area contributed by atoms with Crippen LogP contribution in [0.5, 0.6) is 0 Å². The molecule has 6 heteroatoms. The van der Waals surface area contributed by atoms with Gasteiger partial charge < -0.3 is 15.5 Å². The molecule has 1 fully saturated rings. The number of amides is 3. The molecular formula is C23H28FN3O2. The molecule has 0 aromatic heterocycles. The highest BCUT2D eigenvalue weighted by molar-refractivity contribution is 5.89. The van der Waals surface area contributed by atoms with E-state index in [2.05, 4.69) is 10.6 Å². The van der Waals surface area contributed by atoms with Crippen LogP contribution < -0.4 is 10.6 Å². The maximum atomic E-state index is 13.6.